The van der Waals surface area contributed by atoms with Crippen molar-refractivity contribution >= 4 is 28.7 Å². The molecule has 0 radical (unpaired) electrons. The number of rotatable bonds is 6. The number of fused-ring (bicyclic) bond motifs is 1. The van der Waals surface area contributed by atoms with Crippen molar-refractivity contribution in [3.63, 3.8) is 0 Å². The number of carbonyl (C=O) groups is 1. The average molecular weight is 470 g/mol. The van der Waals surface area contributed by atoms with Gasteiger partial charge in [-0.05, 0) is 72.2 Å². The Kier molecular flexibility index (Phi) is 7.24. The second kappa shape index (κ2) is 9.94. The van der Waals surface area contributed by atoms with Crippen molar-refractivity contribution < 1.29 is 18.0 Å². The van der Waals surface area contributed by atoms with Gasteiger partial charge in [-0.15, -0.1) is 0 Å². The van der Waals surface area contributed by atoms with Crippen molar-refractivity contribution in [1.82, 2.24) is 10.3 Å². The molecule has 0 spiro atoms. The Labute approximate surface area is 195 Å². The van der Waals surface area contributed by atoms with Crippen LogP contribution in [0.4, 0.5) is 19.0 Å². The van der Waals surface area contributed by atoms with Crippen molar-refractivity contribution in [2.24, 2.45) is 10.7 Å². The van der Waals surface area contributed by atoms with E-state index < -0.39 is 17.6 Å². The Balaban J connectivity index is 1.70. The van der Waals surface area contributed by atoms with Crippen LogP contribution in [0.2, 0.25) is 0 Å². The van der Waals surface area contributed by atoms with Gasteiger partial charge in [-0.2, -0.15) is 13.2 Å². The molecule has 5 N–H and O–H groups in total. The van der Waals surface area contributed by atoms with E-state index in [1.54, 1.807) is 12.3 Å². The summed E-state index contributed by atoms with van der Waals surface area (Å²) in [4.78, 5) is 20.9. The van der Waals surface area contributed by atoms with Crippen LogP contribution in [0, 0.1) is 20.8 Å². The molecule has 6 nitrogen and oxygen atoms in total. The number of pyridine rings is 1. The van der Waals surface area contributed by atoms with Crippen LogP contribution >= 0.6 is 0 Å². The first-order chi connectivity index (χ1) is 16.0. The molecule has 0 unspecified atom stereocenters. The normalized spacial score (nSPS) is 12.5. The number of aryl methyl sites for hydroxylation is 3. The van der Waals surface area contributed by atoms with Gasteiger partial charge in [0.05, 0.1) is 17.7 Å². The largest absolute Gasteiger partial charge is 0.416 e. The molecule has 0 aliphatic heterocycles. The lowest BCUT2D eigenvalue weighted by Crippen LogP contribution is -2.26. The number of amides is 1. The number of benzene rings is 2. The van der Waals surface area contributed by atoms with Crippen molar-refractivity contribution in [2.75, 3.05) is 5.73 Å². The SMILES string of the molecule is Cc1ccc(CN=C/C(=C\N)C(=O)NCc2c(C)cc3c(N)nccc3c2C)cc1C(F)(F)F. The second-order valence-electron chi connectivity index (χ2n) is 8.01. The highest BCUT2D eigenvalue weighted by atomic mass is 19.4. The number of aromatic nitrogens is 1. The van der Waals surface area contributed by atoms with Crippen molar-refractivity contribution in [3.8, 4) is 0 Å². The van der Waals surface area contributed by atoms with Gasteiger partial charge in [0.15, 0.2) is 0 Å². The standard InChI is InChI=1S/C25H26F3N5O/c1-14-4-5-17(9-22(14)25(26,27)28)11-31-12-18(10-29)24(34)33-13-21-15(2)8-20-19(16(21)3)6-7-32-23(20)30/h4-10,12H,11,13,29H2,1-3H3,(H2,30,32)(H,33,34)/b18-10+,31-12?. The molecule has 1 heterocycles. The number of nitrogens with zero attached hydrogens (tertiary/aromatic N) is 2. The predicted octanol–water partition coefficient (Wildman–Crippen LogP) is 4.49. The minimum Gasteiger partial charge on any atom is -0.404 e. The van der Waals surface area contributed by atoms with Crippen LogP contribution in [-0.2, 0) is 24.1 Å². The minimum absolute atomic E-state index is 0.0215. The van der Waals surface area contributed by atoms with E-state index in [9.17, 15) is 18.0 Å². The van der Waals surface area contributed by atoms with E-state index in [-0.39, 0.29) is 24.2 Å². The number of halogens is 3. The van der Waals surface area contributed by atoms with Crippen molar-refractivity contribution in [3.05, 3.63) is 81.7 Å². The maximum atomic E-state index is 13.1. The Morgan fingerprint density at radius 1 is 1.12 bits per heavy atom. The van der Waals surface area contributed by atoms with Crippen molar-refractivity contribution in [2.45, 2.75) is 40.0 Å². The number of alkyl halides is 3. The Bertz CT molecular complexity index is 1300. The highest BCUT2D eigenvalue weighted by molar-refractivity contribution is 6.12. The van der Waals surface area contributed by atoms with Gasteiger partial charge in [-0.3, -0.25) is 9.79 Å². The third-order valence-electron chi connectivity index (χ3n) is 5.69. The zero-order valence-corrected chi connectivity index (χ0v) is 19.1. The molecule has 9 heteroatoms. The van der Waals surface area contributed by atoms with E-state index in [1.165, 1.54) is 19.2 Å². The number of nitrogen functional groups attached to an aromatic ring is 1. The first-order valence-corrected chi connectivity index (χ1v) is 10.5. The quantitative estimate of drug-likeness (QED) is 0.365. The topological polar surface area (TPSA) is 106 Å². The van der Waals surface area contributed by atoms with E-state index >= 15 is 0 Å². The molecule has 3 aromatic rings. The fraction of sp³-hybridized carbons (Fsp3) is 0.240. The predicted molar refractivity (Wildman–Crippen MR) is 128 cm³/mol. The van der Waals surface area contributed by atoms with Crippen LogP contribution in [0.25, 0.3) is 10.8 Å². The average Bonchev–Trinajstić information content (AvgIpc) is 2.77. The van der Waals surface area contributed by atoms with E-state index in [1.807, 2.05) is 26.0 Å². The van der Waals surface area contributed by atoms with Gasteiger partial charge in [0.25, 0.3) is 5.91 Å². The molecule has 3 rings (SSSR count). The van der Waals surface area contributed by atoms with Crippen molar-refractivity contribution in [1.29, 1.82) is 0 Å². The van der Waals surface area contributed by atoms with Gasteiger partial charge >= 0.3 is 6.18 Å². The third kappa shape index (κ3) is 5.36. The Morgan fingerprint density at radius 2 is 1.85 bits per heavy atom. The summed E-state index contributed by atoms with van der Waals surface area (Å²) in [6, 6.07) is 7.84. The number of carbonyl (C=O) groups excluding carboxylic acids is 1. The summed E-state index contributed by atoms with van der Waals surface area (Å²) in [5.41, 5.74) is 14.4. The van der Waals surface area contributed by atoms with Crippen LogP contribution in [0.5, 0.6) is 0 Å². The van der Waals surface area contributed by atoms with Gasteiger partial charge in [0.1, 0.15) is 5.82 Å². The highest BCUT2D eigenvalue weighted by Crippen LogP contribution is 2.32. The first-order valence-electron chi connectivity index (χ1n) is 10.5. The third-order valence-corrected chi connectivity index (χ3v) is 5.69. The summed E-state index contributed by atoms with van der Waals surface area (Å²) < 4.78 is 39.3. The molecule has 0 saturated heterocycles. The van der Waals surface area contributed by atoms with Gasteiger partial charge in [0.2, 0.25) is 0 Å². The first kappa shape index (κ1) is 24.8. The second-order valence-corrected chi connectivity index (χ2v) is 8.01. The number of hydrogen-bond donors (Lipinski definition) is 3. The number of hydrogen-bond acceptors (Lipinski definition) is 5. The van der Waals surface area contributed by atoms with E-state index in [4.69, 9.17) is 11.5 Å². The molecule has 0 atom stereocenters. The summed E-state index contributed by atoms with van der Waals surface area (Å²) in [6.07, 6.45) is -0.427. The molecule has 34 heavy (non-hydrogen) atoms. The van der Waals surface area contributed by atoms with E-state index in [0.29, 0.717) is 11.4 Å². The van der Waals surface area contributed by atoms with Crippen LogP contribution in [0.1, 0.15) is 33.4 Å². The minimum atomic E-state index is -4.44. The number of nitrogens with one attached hydrogen (secondary N) is 1. The summed E-state index contributed by atoms with van der Waals surface area (Å²) >= 11 is 0. The van der Waals surface area contributed by atoms with Crippen LogP contribution in [0.15, 0.2) is 53.3 Å². The molecule has 0 fully saturated rings. The lowest BCUT2D eigenvalue weighted by atomic mass is 9.96. The lowest BCUT2D eigenvalue weighted by Gasteiger charge is -2.15. The van der Waals surface area contributed by atoms with Gasteiger partial charge in [-0.1, -0.05) is 12.1 Å². The summed E-state index contributed by atoms with van der Waals surface area (Å²) in [6.45, 7) is 5.52. The molecule has 0 aliphatic rings. The van der Waals surface area contributed by atoms with Gasteiger partial charge < -0.3 is 16.8 Å². The molecule has 0 saturated carbocycles. The Morgan fingerprint density at radius 3 is 2.53 bits per heavy atom. The molecule has 0 aliphatic carbocycles. The fourth-order valence-electron chi connectivity index (χ4n) is 3.77. The fourth-order valence-corrected chi connectivity index (χ4v) is 3.77. The molecule has 1 aromatic heterocycles. The number of nitrogens with two attached hydrogens (primary N) is 2. The maximum Gasteiger partial charge on any atom is 0.416 e. The smallest absolute Gasteiger partial charge is 0.404 e. The number of aliphatic imine (C=N–C) groups is 1. The zero-order valence-electron chi connectivity index (χ0n) is 19.1. The Hall–Kier alpha value is -3.88. The van der Waals surface area contributed by atoms with E-state index in [0.717, 1.165) is 39.7 Å². The monoisotopic (exact) mass is 469 g/mol. The highest BCUT2D eigenvalue weighted by Gasteiger charge is 2.32. The summed E-state index contributed by atoms with van der Waals surface area (Å²) in [5.74, 6) is -0.000875. The van der Waals surface area contributed by atoms with Gasteiger partial charge in [0, 0.05) is 30.5 Å². The maximum absolute atomic E-state index is 13.1. The van der Waals surface area contributed by atoms with E-state index in [2.05, 4.69) is 15.3 Å². The van der Waals surface area contributed by atoms with Crippen LogP contribution in [-0.4, -0.2) is 17.1 Å². The zero-order chi connectivity index (χ0) is 25.0. The van der Waals surface area contributed by atoms with Gasteiger partial charge in [-0.25, -0.2) is 4.98 Å². The van der Waals surface area contributed by atoms with Crippen LogP contribution in [0.3, 0.4) is 0 Å². The summed E-state index contributed by atoms with van der Waals surface area (Å²) in [5, 5.41) is 4.63. The molecular formula is C25H26F3N5O. The number of anilines is 1. The summed E-state index contributed by atoms with van der Waals surface area (Å²) in [7, 11) is 0. The molecule has 1 amide bonds. The molecule has 178 valence electrons. The molecular weight excluding hydrogens is 443 g/mol. The molecule has 2 aromatic carbocycles. The lowest BCUT2D eigenvalue weighted by molar-refractivity contribution is -0.138. The molecule has 0 bridgehead atoms. The van der Waals surface area contributed by atoms with Crippen LogP contribution < -0.4 is 16.8 Å².